The molecule has 0 spiro atoms. The summed E-state index contributed by atoms with van der Waals surface area (Å²) in [5.41, 5.74) is -0.541. The highest BCUT2D eigenvalue weighted by molar-refractivity contribution is 5.83. The molecule has 1 aromatic rings. The summed E-state index contributed by atoms with van der Waals surface area (Å²) in [5.74, 6) is 1.04. The van der Waals surface area contributed by atoms with Crippen LogP contribution in [0.15, 0.2) is 18.3 Å². The summed E-state index contributed by atoms with van der Waals surface area (Å²) in [4.78, 5) is 15.7. The molecule has 6 nitrogen and oxygen atoms in total. The van der Waals surface area contributed by atoms with Crippen LogP contribution in [0.25, 0.3) is 0 Å². The highest BCUT2D eigenvalue weighted by Crippen LogP contribution is 2.16. The molecular formula is C16H29N3O3. The van der Waals surface area contributed by atoms with E-state index < -0.39 is 11.7 Å². The molecule has 0 aliphatic rings. The minimum Gasteiger partial charge on any atom is -0.492 e. The van der Waals surface area contributed by atoms with Crippen LogP contribution in [0.2, 0.25) is 0 Å². The van der Waals surface area contributed by atoms with E-state index in [0.717, 1.165) is 0 Å². The molecule has 0 radical (unpaired) electrons. The average molecular weight is 311 g/mol. The zero-order valence-electron chi connectivity index (χ0n) is 14.7. The quantitative estimate of drug-likeness (QED) is 0.871. The number of rotatable bonds is 5. The van der Waals surface area contributed by atoms with Gasteiger partial charge in [-0.05, 0) is 40.8 Å². The number of nitrogens with one attached hydrogen (secondary N) is 2. The molecule has 1 unspecified atom stereocenters. The van der Waals surface area contributed by atoms with E-state index in [2.05, 4.69) is 15.6 Å². The number of hydrogen-bond acceptors (Lipinski definition) is 5. The van der Waals surface area contributed by atoms with Gasteiger partial charge in [-0.2, -0.15) is 0 Å². The zero-order chi connectivity index (χ0) is 17.2. The number of carbonyl (C=O) groups is 1. The van der Waals surface area contributed by atoms with Crippen LogP contribution in [0.3, 0.4) is 0 Å². The van der Waals surface area contributed by atoms with Crippen molar-refractivity contribution in [3.8, 4) is 5.75 Å². The Morgan fingerprint density at radius 1 is 1.36 bits per heavy atom. The molecule has 1 rings (SSSR count). The Morgan fingerprint density at radius 3 is 2.55 bits per heavy atom. The number of aromatic nitrogens is 1. The SMILES string of the molecule is CC.CNC(C)COc1ccnc(NC(=O)OC(C)(C)C)c1. The monoisotopic (exact) mass is 311 g/mol. The van der Waals surface area contributed by atoms with Gasteiger partial charge in [-0.15, -0.1) is 0 Å². The van der Waals surface area contributed by atoms with Crippen LogP contribution >= 0.6 is 0 Å². The molecule has 0 aliphatic carbocycles. The van der Waals surface area contributed by atoms with Crippen molar-refractivity contribution in [2.24, 2.45) is 0 Å². The van der Waals surface area contributed by atoms with E-state index in [4.69, 9.17) is 9.47 Å². The molecule has 0 saturated heterocycles. The van der Waals surface area contributed by atoms with Gasteiger partial charge in [-0.3, -0.25) is 5.32 Å². The molecule has 1 atom stereocenters. The zero-order valence-corrected chi connectivity index (χ0v) is 14.7. The fourth-order valence-corrected chi connectivity index (χ4v) is 1.28. The number of amides is 1. The van der Waals surface area contributed by atoms with Gasteiger partial charge < -0.3 is 14.8 Å². The molecule has 1 aromatic heterocycles. The van der Waals surface area contributed by atoms with Crippen molar-refractivity contribution in [3.05, 3.63) is 18.3 Å². The summed E-state index contributed by atoms with van der Waals surface area (Å²) < 4.78 is 10.7. The van der Waals surface area contributed by atoms with Crippen LogP contribution in [-0.2, 0) is 4.74 Å². The first-order valence-corrected chi connectivity index (χ1v) is 7.56. The minimum absolute atomic E-state index is 0.241. The van der Waals surface area contributed by atoms with Crippen molar-refractivity contribution in [2.45, 2.75) is 53.2 Å². The summed E-state index contributed by atoms with van der Waals surface area (Å²) in [6.45, 7) is 12.0. The molecular weight excluding hydrogens is 282 g/mol. The third-order valence-corrected chi connectivity index (χ3v) is 2.35. The molecule has 0 fully saturated rings. The lowest BCUT2D eigenvalue weighted by Gasteiger charge is -2.19. The van der Waals surface area contributed by atoms with Gasteiger partial charge in [0.25, 0.3) is 0 Å². The molecule has 0 aliphatic heterocycles. The van der Waals surface area contributed by atoms with Crippen LogP contribution in [0.5, 0.6) is 5.75 Å². The fraction of sp³-hybridized carbons (Fsp3) is 0.625. The molecule has 0 aromatic carbocycles. The molecule has 1 heterocycles. The summed E-state index contributed by atoms with van der Waals surface area (Å²) in [7, 11) is 1.87. The van der Waals surface area contributed by atoms with E-state index in [0.29, 0.717) is 18.2 Å². The summed E-state index contributed by atoms with van der Waals surface area (Å²) in [6.07, 6.45) is 1.04. The largest absolute Gasteiger partial charge is 0.492 e. The van der Waals surface area contributed by atoms with Gasteiger partial charge in [0, 0.05) is 18.3 Å². The van der Waals surface area contributed by atoms with Crippen molar-refractivity contribution in [2.75, 3.05) is 19.0 Å². The predicted molar refractivity (Wildman–Crippen MR) is 89.5 cm³/mol. The van der Waals surface area contributed by atoms with Gasteiger partial charge in [0.05, 0.1) is 0 Å². The number of likely N-dealkylation sites (N-methyl/N-ethyl adjacent to an activating group) is 1. The Morgan fingerprint density at radius 2 is 2.00 bits per heavy atom. The van der Waals surface area contributed by atoms with Crippen LogP contribution < -0.4 is 15.4 Å². The second kappa shape index (κ2) is 10.00. The van der Waals surface area contributed by atoms with Gasteiger partial charge in [0.1, 0.15) is 23.8 Å². The third-order valence-electron chi connectivity index (χ3n) is 2.35. The topological polar surface area (TPSA) is 72.5 Å². The maximum atomic E-state index is 11.6. The summed E-state index contributed by atoms with van der Waals surface area (Å²) in [6, 6.07) is 3.64. The molecule has 0 bridgehead atoms. The van der Waals surface area contributed by atoms with Crippen molar-refractivity contribution < 1.29 is 14.3 Å². The number of pyridine rings is 1. The van der Waals surface area contributed by atoms with Crippen molar-refractivity contribution in [3.63, 3.8) is 0 Å². The minimum atomic E-state index is -0.541. The Labute approximate surface area is 133 Å². The summed E-state index contributed by atoms with van der Waals surface area (Å²) >= 11 is 0. The van der Waals surface area contributed by atoms with E-state index in [1.807, 2.05) is 27.8 Å². The van der Waals surface area contributed by atoms with Gasteiger partial charge in [0.15, 0.2) is 0 Å². The maximum Gasteiger partial charge on any atom is 0.413 e. The van der Waals surface area contributed by atoms with Crippen molar-refractivity contribution in [1.29, 1.82) is 0 Å². The lowest BCUT2D eigenvalue weighted by atomic mass is 10.2. The number of hydrogen-bond donors (Lipinski definition) is 2. The Kier molecular flexibility index (Phi) is 9.17. The highest BCUT2D eigenvalue weighted by Gasteiger charge is 2.16. The molecule has 126 valence electrons. The third kappa shape index (κ3) is 9.18. The van der Waals surface area contributed by atoms with E-state index in [1.165, 1.54) is 0 Å². The molecule has 6 heteroatoms. The van der Waals surface area contributed by atoms with E-state index >= 15 is 0 Å². The summed E-state index contributed by atoms with van der Waals surface area (Å²) in [5, 5.41) is 5.65. The molecule has 2 N–H and O–H groups in total. The van der Waals surface area contributed by atoms with E-state index in [9.17, 15) is 4.79 Å². The predicted octanol–water partition coefficient (Wildman–Crippen LogP) is 3.44. The van der Waals surface area contributed by atoms with Crippen LogP contribution in [-0.4, -0.2) is 36.4 Å². The maximum absolute atomic E-state index is 11.6. The van der Waals surface area contributed by atoms with Crippen molar-refractivity contribution >= 4 is 11.9 Å². The van der Waals surface area contributed by atoms with Crippen LogP contribution in [0.1, 0.15) is 41.5 Å². The van der Waals surface area contributed by atoms with Gasteiger partial charge in [-0.1, -0.05) is 13.8 Å². The Bertz CT molecular complexity index is 445. The lowest BCUT2D eigenvalue weighted by molar-refractivity contribution is 0.0635. The normalized spacial score (nSPS) is 11.8. The van der Waals surface area contributed by atoms with Crippen LogP contribution in [0, 0.1) is 0 Å². The average Bonchev–Trinajstić information content (AvgIpc) is 2.45. The second-order valence-electron chi connectivity index (χ2n) is 5.50. The van der Waals surface area contributed by atoms with E-state index in [1.54, 1.807) is 39.1 Å². The molecule has 1 amide bonds. The van der Waals surface area contributed by atoms with E-state index in [-0.39, 0.29) is 6.04 Å². The van der Waals surface area contributed by atoms with Crippen molar-refractivity contribution in [1.82, 2.24) is 10.3 Å². The van der Waals surface area contributed by atoms with Gasteiger partial charge in [0.2, 0.25) is 0 Å². The molecule has 22 heavy (non-hydrogen) atoms. The fourth-order valence-electron chi connectivity index (χ4n) is 1.28. The first-order valence-electron chi connectivity index (χ1n) is 7.56. The first-order chi connectivity index (χ1) is 10.3. The molecule has 0 saturated carbocycles. The highest BCUT2D eigenvalue weighted by atomic mass is 16.6. The van der Waals surface area contributed by atoms with Gasteiger partial charge >= 0.3 is 6.09 Å². The number of ether oxygens (including phenoxy) is 2. The van der Waals surface area contributed by atoms with Crippen LogP contribution in [0.4, 0.5) is 10.6 Å². The first kappa shape index (κ1) is 20.2. The number of anilines is 1. The smallest absolute Gasteiger partial charge is 0.413 e. The Balaban J connectivity index is 0.00000211. The number of carbonyl (C=O) groups excluding carboxylic acids is 1. The lowest BCUT2D eigenvalue weighted by Crippen LogP contribution is -2.28. The standard InChI is InChI=1S/C14H23N3O3.C2H6/c1-10(15-5)9-19-11-6-7-16-12(8-11)17-13(18)20-14(2,3)4;1-2/h6-8,10,15H,9H2,1-5H3,(H,16,17,18);1-2H3. The van der Waals surface area contributed by atoms with Gasteiger partial charge in [-0.25, -0.2) is 9.78 Å². The second-order valence-corrected chi connectivity index (χ2v) is 5.50. The Hall–Kier alpha value is -1.82. The number of nitrogens with zero attached hydrogens (tertiary/aromatic N) is 1.